The van der Waals surface area contributed by atoms with E-state index in [0.717, 1.165) is 60.5 Å². The van der Waals surface area contributed by atoms with Crippen molar-refractivity contribution in [3.05, 3.63) is 71.2 Å². The predicted molar refractivity (Wildman–Crippen MR) is 136 cm³/mol. The molecule has 174 valence electrons. The summed E-state index contributed by atoms with van der Waals surface area (Å²) in [6.45, 7) is 13.1. The standard InChI is InChI=1S/C27H34N4O2/c1-5-25(32)31(22-11-7-6-8-12-22)23-14-16-28(17-15-23)18-19-29-26-21(4)10-9-13-24(26)30(20(2)3)27(29)33/h6-13,23H,2,5,14-19H2,1,3-4H3. The Morgan fingerprint density at radius 2 is 1.76 bits per heavy atom. The molecule has 1 saturated heterocycles. The summed E-state index contributed by atoms with van der Waals surface area (Å²) in [4.78, 5) is 30.3. The fraction of sp³-hybridized carbons (Fsp3) is 0.407. The van der Waals surface area contributed by atoms with Crippen LogP contribution < -0.4 is 10.6 Å². The largest absolute Gasteiger partial charge is 0.333 e. The number of carbonyl (C=O) groups excluding carboxylic acids is 1. The van der Waals surface area contributed by atoms with E-state index in [2.05, 4.69) is 24.5 Å². The molecule has 2 heterocycles. The van der Waals surface area contributed by atoms with Crippen LogP contribution >= 0.6 is 0 Å². The van der Waals surface area contributed by atoms with Crippen LogP contribution in [0, 0.1) is 6.92 Å². The highest BCUT2D eigenvalue weighted by molar-refractivity contribution is 5.93. The zero-order chi connectivity index (χ0) is 23.5. The number of nitrogens with zero attached hydrogens (tertiary/aromatic N) is 4. The number of rotatable bonds is 7. The number of benzene rings is 2. The average Bonchev–Trinajstić information content (AvgIpc) is 3.11. The SMILES string of the molecule is C=C(C)n1c(=O)n(CCN2CCC(N(C(=O)CC)c3ccccc3)CC2)c2c(C)cccc21. The lowest BCUT2D eigenvalue weighted by molar-refractivity contribution is -0.119. The molecule has 2 aromatic carbocycles. The summed E-state index contributed by atoms with van der Waals surface area (Å²) in [6.07, 6.45) is 2.37. The number of para-hydroxylation sites is 2. The highest BCUT2D eigenvalue weighted by Crippen LogP contribution is 2.25. The molecule has 1 aliphatic rings. The molecule has 1 aromatic heterocycles. The fourth-order valence-electron chi connectivity index (χ4n) is 5.03. The number of allylic oxidation sites excluding steroid dienone is 1. The summed E-state index contributed by atoms with van der Waals surface area (Å²) < 4.78 is 3.60. The molecule has 1 fully saturated rings. The van der Waals surface area contributed by atoms with Crippen LogP contribution in [0.1, 0.15) is 38.7 Å². The van der Waals surface area contributed by atoms with Crippen molar-refractivity contribution in [2.24, 2.45) is 0 Å². The summed E-state index contributed by atoms with van der Waals surface area (Å²) in [6, 6.07) is 16.2. The Bertz CT molecular complexity index is 1200. The van der Waals surface area contributed by atoms with Gasteiger partial charge in [0.1, 0.15) is 0 Å². The highest BCUT2D eigenvalue weighted by atomic mass is 16.2. The summed E-state index contributed by atoms with van der Waals surface area (Å²) in [5, 5.41) is 0. The number of imidazole rings is 1. The van der Waals surface area contributed by atoms with Gasteiger partial charge in [0.25, 0.3) is 0 Å². The summed E-state index contributed by atoms with van der Waals surface area (Å²) >= 11 is 0. The van der Waals surface area contributed by atoms with Crippen LogP contribution in [-0.4, -0.2) is 45.6 Å². The third-order valence-electron chi connectivity index (χ3n) is 6.70. The molecule has 6 nitrogen and oxygen atoms in total. The molecular formula is C27H34N4O2. The van der Waals surface area contributed by atoms with Gasteiger partial charge in [-0.1, -0.05) is 43.8 Å². The van der Waals surface area contributed by atoms with E-state index in [-0.39, 0.29) is 17.6 Å². The molecule has 1 amide bonds. The summed E-state index contributed by atoms with van der Waals surface area (Å²) in [5.41, 5.74) is 4.70. The van der Waals surface area contributed by atoms with Gasteiger partial charge in [0, 0.05) is 50.0 Å². The Morgan fingerprint density at radius 1 is 1.06 bits per heavy atom. The third kappa shape index (κ3) is 4.53. The smallest absolute Gasteiger partial charge is 0.309 e. The van der Waals surface area contributed by atoms with E-state index in [9.17, 15) is 9.59 Å². The van der Waals surface area contributed by atoms with Gasteiger partial charge in [-0.3, -0.25) is 13.9 Å². The summed E-state index contributed by atoms with van der Waals surface area (Å²) in [5.74, 6) is 0.175. The van der Waals surface area contributed by atoms with Crippen molar-refractivity contribution in [1.29, 1.82) is 0 Å². The predicted octanol–water partition coefficient (Wildman–Crippen LogP) is 4.51. The van der Waals surface area contributed by atoms with Gasteiger partial charge in [-0.15, -0.1) is 0 Å². The van der Waals surface area contributed by atoms with Crippen LogP contribution in [0.3, 0.4) is 0 Å². The van der Waals surface area contributed by atoms with Gasteiger partial charge in [-0.25, -0.2) is 4.79 Å². The van der Waals surface area contributed by atoms with E-state index in [1.54, 1.807) is 4.57 Å². The van der Waals surface area contributed by atoms with Crippen molar-refractivity contribution in [2.75, 3.05) is 24.5 Å². The van der Waals surface area contributed by atoms with Gasteiger partial charge in [0.05, 0.1) is 11.0 Å². The molecule has 33 heavy (non-hydrogen) atoms. The first kappa shape index (κ1) is 23.1. The van der Waals surface area contributed by atoms with Gasteiger partial charge >= 0.3 is 5.69 Å². The lowest BCUT2D eigenvalue weighted by atomic mass is 10.0. The van der Waals surface area contributed by atoms with Crippen molar-refractivity contribution in [3.63, 3.8) is 0 Å². The number of amides is 1. The number of hydrogen-bond acceptors (Lipinski definition) is 3. The maximum atomic E-state index is 13.2. The number of anilines is 1. The van der Waals surface area contributed by atoms with Crippen LogP contribution in [0.5, 0.6) is 0 Å². The zero-order valence-corrected chi connectivity index (χ0v) is 20.0. The van der Waals surface area contributed by atoms with Crippen molar-refractivity contribution < 1.29 is 4.79 Å². The van der Waals surface area contributed by atoms with E-state index in [1.165, 1.54) is 0 Å². The Hall–Kier alpha value is -3.12. The minimum atomic E-state index is -0.0227. The molecule has 0 bridgehead atoms. The minimum absolute atomic E-state index is 0.0227. The molecule has 0 atom stereocenters. The zero-order valence-electron chi connectivity index (χ0n) is 20.0. The molecule has 6 heteroatoms. The van der Waals surface area contributed by atoms with Crippen LogP contribution in [0.2, 0.25) is 0 Å². The Kier molecular flexibility index (Phi) is 6.84. The van der Waals surface area contributed by atoms with Gasteiger partial charge in [-0.05, 0) is 50.5 Å². The molecule has 1 aliphatic heterocycles. The number of hydrogen-bond donors (Lipinski definition) is 0. The summed E-state index contributed by atoms with van der Waals surface area (Å²) in [7, 11) is 0. The van der Waals surface area contributed by atoms with Gasteiger partial charge in [0.2, 0.25) is 5.91 Å². The molecular weight excluding hydrogens is 412 g/mol. The molecule has 0 aliphatic carbocycles. The second-order valence-electron chi connectivity index (χ2n) is 8.97. The topological polar surface area (TPSA) is 50.5 Å². The van der Waals surface area contributed by atoms with E-state index >= 15 is 0 Å². The highest BCUT2D eigenvalue weighted by Gasteiger charge is 2.28. The fourth-order valence-corrected chi connectivity index (χ4v) is 5.03. The van der Waals surface area contributed by atoms with E-state index in [1.807, 2.05) is 65.8 Å². The maximum absolute atomic E-state index is 13.2. The van der Waals surface area contributed by atoms with Crippen LogP contribution in [0.15, 0.2) is 59.9 Å². The molecule has 0 saturated carbocycles. The number of carbonyl (C=O) groups is 1. The number of aromatic nitrogens is 2. The van der Waals surface area contributed by atoms with Gasteiger partial charge in [0.15, 0.2) is 0 Å². The van der Waals surface area contributed by atoms with E-state index < -0.39 is 0 Å². The Balaban J connectivity index is 1.47. The normalized spacial score (nSPS) is 15.1. The lowest BCUT2D eigenvalue weighted by Gasteiger charge is -2.38. The van der Waals surface area contributed by atoms with Crippen LogP contribution in [0.4, 0.5) is 5.69 Å². The molecule has 0 spiro atoms. The lowest BCUT2D eigenvalue weighted by Crippen LogP contribution is -2.48. The first-order valence-electron chi connectivity index (χ1n) is 11.9. The molecule has 0 N–H and O–H groups in total. The van der Waals surface area contributed by atoms with Crippen molar-refractivity contribution in [1.82, 2.24) is 14.0 Å². The first-order valence-corrected chi connectivity index (χ1v) is 11.9. The number of fused-ring (bicyclic) bond motifs is 1. The third-order valence-corrected chi connectivity index (χ3v) is 6.70. The molecule has 0 radical (unpaired) electrons. The van der Waals surface area contributed by atoms with Gasteiger partial charge < -0.3 is 9.80 Å². The van der Waals surface area contributed by atoms with Crippen molar-refractivity contribution >= 4 is 28.3 Å². The second-order valence-corrected chi connectivity index (χ2v) is 8.97. The first-order chi connectivity index (χ1) is 15.9. The van der Waals surface area contributed by atoms with Crippen LogP contribution in [0.25, 0.3) is 16.7 Å². The second kappa shape index (κ2) is 9.79. The monoisotopic (exact) mass is 446 g/mol. The Morgan fingerprint density at radius 3 is 2.39 bits per heavy atom. The van der Waals surface area contributed by atoms with E-state index in [4.69, 9.17) is 0 Å². The number of likely N-dealkylation sites (tertiary alicyclic amines) is 1. The minimum Gasteiger partial charge on any atom is -0.309 e. The van der Waals surface area contributed by atoms with Crippen molar-refractivity contribution in [2.45, 2.75) is 52.6 Å². The van der Waals surface area contributed by atoms with Crippen LogP contribution in [-0.2, 0) is 11.3 Å². The number of piperidine rings is 1. The quantitative estimate of drug-likeness (QED) is 0.537. The molecule has 0 unspecified atom stereocenters. The maximum Gasteiger partial charge on any atom is 0.333 e. The van der Waals surface area contributed by atoms with Gasteiger partial charge in [-0.2, -0.15) is 0 Å². The molecule has 3 aromatic rings. The average molecular weight is 447 g/mol. The number of aryl methyl sites for hydroxylation is 1. The molecule has 4 rings (SSSR count). The van der Waals surface area contributed by atoms with Crippen molar-refractivity contribution in [3.8, 4) is 0 Å². The Labute approximate surface area is 195 Å². The van der Waals surface area contributed by atoms with E-state index in [0.29, 0.717) is 13.0 Å².